The van der Waals surface area contributed by atoms with Crippen molar-refractivity contribution in [3.8, 4) is 0 Å². The standard InChI is InChI=1S/C7H14O2.C5H10O2/c1-5(2)7(8)9-6(3)4;1-4(2)5(6)7-3/h5-6H,1-4H3;4H,1-3H3. The lowest BCUT2D eigenvalue weighted by molar-refractivity contribution is -0.151. The highest BCUT2D eigenvalue weighted by Crippen LogP contribution is 1.98. The van der Waals surface area contributed by atoms with Gasteiger partial charge in [-0.15, -0.1) is 0 Å². The van der Waals surface area contributed by atoms with Crippen LogP contribution in [-0.4, -0.2) is 25.2 Å². The molecule has 0 rings (SSSR count). The van der Waals surface area contributed by atoms with E-state index in [4.69, 9.17) is 4.74 Å². The third-order valence-corrected chi connectivity index (χ3v) is 1.50. The van der Waals surface area contributed by atoms with Crippen LogP contribution in [0.5, 0.6) is 0 Å². The highest BCUT2D eigenvalue weighted by atomic mass is 16.5. The number of hydrogen-bond acceptors (Lipinski definition) is 4. The van der Waals surface area contributed by atoms with Crippen molar-refractivity contribution in [1.82, 2.24) is 0 Å². The van der Waals surface area contributed by atoms with Crippen LogP contribution in [0.3, 0.4) is 0 Å². The maximum atomic E-state index is 10.7. The lowest BCUT2D eigenvalue weighted by Gasteiger charge is -2.08. The number of carbonyl (C=O) groups excluding carboxylic acids is 2. The molecule has 0 radical (unpaired) electrons. The molecule has 0 N–H and O–H groups in total. The van der Waals surface area contributed by atoms with Crippen molar-refractivity contribution in [2.24, 2.45) is 11.8 Å². The predicted octanol–water partition coefficient (Wildman–Crippen LogP) is 2.41. The highest BCUT2D eigenvalue weighted by molar-refractivity contribution is 5.71. The molecule has 96 valence electrons. The van der Waals surface area contributed by atoms with Gasteiger partial charge in [0.05, 0.1) is 25.0 Å². The van der Waals surface area contributed by atoms with Crippen LogP contribution >= 0.6 is 0 Å². The average molecular weight is 232 g/mol. The molecule has 4 nitrogen and oxygen atoms in total. The number of carbonyl (C=O) groups is 2. The van der Waals surface area contributed by atoms with Crippen molar-refractivity contribution in [2.45, 2.75) is 47.6 Å². The summed E-state index contributed by atoms with van der Waals surface area (Å²) in [6.45, 7) is 10.9. The minimum absolute atomic E-state index is 0.00463. The lowest BCUT2D eigenvalue weighted by atomic mass is 10.2. The number of methoxy groups -OCH3 is 1. The van der Waals surface area contributed by atoms with Gasteiger partial charge in [0.1, 0.15) is 0 Å². The molecule has 0 spiro atoms. The Morgan fingerprint density at radius 1 is 0.812 bits per heavy atom. The van der Waals surface area contributed by atoms with Crippen LogP contribution < -0.4 is 0 Å². The van der Waals surface area contributed by atoms with Gasteiger partial charge in [-0.25, -0.2) is 0 Å². The number of ether oxygens (including phenoxy) is 2. The summed E-state index contributed by atoms with van der Waals surface area (Å²) in [4.78, 5) is 21.0. The van der Waals surface area contributed by atoms with Crippen molar-refractivity contribution >= 4 is 11.9 Å². The molecule has 0 aliphatic carbocycles. The molecular weight excluding hydrogens is 208 g/mol. The predicted molar refractivity (Wildman–Crippen MR) is 62.9 cm³/mol. The summed E-state index contributed by atoms with van der Waals surface area (Å²) in [5, 5.41) is 0. The molecule has 0 unspecified atom stereocenters. The molecule has 0 aromatic rings. The summed E-state index contributed by atoms with van der Waals surface area (Å²) in [5.41, 5.74) is 0. The van der Waals surface area contributed by atoms with Crippen LogP contribution in [0.1, 0.15) is 41.5 Å². The summed E-state index contributed by atoms with van der Waals surface area (Å²) < 4.78 is 9.25. The van der Waals surface area contributed by atoms with Crippen molar-refractivity contribution in [1.29, 1.82) is 0 Å². The molecule has 0 atom stereocenters. The van der Waals surface area contributed by atoms with Crippen molar-refractivity contribution in [2.75, 3.05) is 7.11 Å². The Labute approximate surface area is 98.3 Å². The minimum atomic E-state index is -0.153. The van der Waals surface area contributed by atoms with Gasteiger partial charge in [0.25, 0.3) is 0 Å². The Balaban J connectivity index is 0. The van der Waals surface area contributed by atoms with Gasteiger partial charge < -0.3 is 9.47 Å². The van der Waals surface area contributed by atoms with Crippen LogP contribution in [-0.2, 0) is 19.1 Å². The number of hydrogen-bond donors (Lipinski definition) is 0. The topological polar surface area (TPSA) is 52.6 Å². The zero-order chi connectivity index (χ0) is 13.3. The second-order valence-electron chi connectivity index (χ2n) is 4.32. The number of esters is 2. The minimum Gasteiger partial charge on any atom is -0.469 e. The van der Waals surface area contributed by atoms with Gasteiger partial charge in [-0.2, -0.15) is 0 Å². The third-order valence-electron chi connectivity index (χ3n) is 1.50. The Bertz CT molecular complexity index is 207. The third kappa shape index (κ3) is 11.0. The van der Waals surface area contributed by atoms with E-state index in [1.165, 1.54) is 7.11 Å². The van der Waals surface area contributed by atoms with Gasteiger partial charge in [-0.1, -0.05) is 27.7 Å². The first kappa shape index (κ1) is 17.3. The Morgan fingerprint density at radius 2 is 1.19 bits per heavy atom. The Hall–Kier alpha value is -1.06. The molecule has 16 heavy (non-hydrogen) atoms. The van der Waals surface area contributed by atoms with E-state index in [9.17, 15) is 9.59 Å². The van der Waals surface area contributed by atoms with E-state index < -0.39 is 0 Å². The van der Waals surface area contributed by atoms with Crippen LogP contribution in [0.25, 0.3) is 0 Å². The molecule has 0 fully saturated rings. The van der Waals surface area contributed by atoms with Crippen molar-refractivity contribution < 1.29 is 19.1 Å². The second kappa shape index (κ2) is 9.19. The monoisotopic (exact) mass is 232 g/mol. The van der Waals surface area contributed by atoms with E-state index in [0.717, 1.165) is 0 Å². The lowest BCUT2D eigenvalue weighted by Crippen LogP contribution is -2.16. The maximum absolute atomic E-state index is 10.7. The van der Waals surface area contributed by atoms with E-state index in [1.54, 1.807) is 13.8 Å². The fourth-order valence-corrected chi connectivity index (χ4v) is 0.604. The van der Waals surface area contributed by atoms with Gasteiger partial charge in [0.2, 0.25) is 0 Å². The van der Waals surface area contributed by atoms with Gasteiger partial charge in [0.15, 0.2) is 0 Å². The van der Waals surface area contributed by atoms with E-state index in [0.29, 0.717) is 0 Å². The summed E-state index contributed by atoms with van der Waals surface area (Å²) >= 11 is 0. The molecule has 0 aromatic carbocycles. The van der Waals surface area contributed by atoms with Crippen molar-refractivity contribution in [3.63, 3.8) is 0 Å². The van der Waals surface area contributed by atoms with Crippen LogP contribution in [0, 0.1) is 11.8 Å². The Morgan fingerprint density at radius 3 is 1.25 bits per heavy atom. The maximum Gasteiger partial charge on any atom is 0.308 e. The first-order valence-corrected chi connectivity index (χ1v) is 5.50. The molecule has 0 aliphatic heterocycles. The zero-order valence-corrected chi connectivity index (χ0v) is 11.4. The van der Waals surface area contributed by atoms with Gasteiger partial charge in [-0.3, -0.25) is 9.59 Å². The van der Waals surface area contributed by atoms with Crippen LogP contribution in [0.4, 0.5) is 0 Å². The Kier molecular flexibility index (Phi) is 9.96. The van der Waals surface area contributed by atoms with Gasteiger partial charge >= 0.3 is 11.9 Å². The fourth-order valence-electron chi connectivity index (χ4n) is 0.604. The van der Waals surface area contributed by atoms with Gasteiger partial charge in [0, 0.05) is 0 Å². The number of rotatable bonds is 3. The quantitative estimate of drug-likeness (QED) is 0.701. The fraction of sp³-hybridized carbons (Fsp3) is 0.833. The largest absolute Gasteiger partial charge is 0.469 e. The molecule has 0 saturated heterocycles. The summed E-state index contributed by atoms with van der Waals surface area (Å²) in [6.07, 6.45) is 0.0138. The van der Waals surface area contributed by atoms with E-state index >= 15 is 0 Å². The SMILES string of the molecule is CC(C)OC(=O)C(C)C.COC(=O)C(C)C. The van der Waals surface area contributed by atoms with E-state index in [1.807, 2.05) is 27.7 Å². The summed E-state index contributed by atoms with van der Waals surface area (Å²) in [5.74, 6) is -0.276. The molecule has 0 saturated carbocycles. The van der Waals surface area contributed by atoms with Crippen LogP contribution in [0.2, 0.25) is 0 Å². The molecule has 0 bridgehead atoms. The molecule has 0 heterocycles. The highest BCUT2D eigenvalue weighted by Gasteiger charge is 2.08. The molecular formula is C12H24O4. The zero-order valence-electron chi connectivity index (χ0n) is 11.4. The second-order valence-corrected chi connectivity index (χ2v) is 4.32. The van der Waals surface area contributed by atoms with Gasteiger partial charge in [-0.05, 0) is 13.8 Å². The molecule has 0 aliphatic rings. The first-order valence-electron chi connectivity index (χ1n) is 5.50. The van der Waals surface area contributed by atoms with Crippen molar-refractivity contribution in [3.05, 3.63) is 0 Å². The summed E-state index contributed by atoms with van der Waals surface area (Å²) in [6, 6.07) is 0. The average Bonchev–Trinajstić information content (AvgIpc) is 2.16. The molecule has 4 heteroatoms. The first-order chi connectivity index (χ1) is 7.22. The normalized spacial score (nSPS) is 9.88. The smallest absolute Gasteiger partial charge is 0.308 e. The van der Waals surface area contributed by atoms with Crippen LogP contribution in [0.15, 0.2) is 0 Å². The summed E-state index contributed by atoms with van der Waals surface area (Å²) in [7, 11) is 1.39. The van der Waals surface area contributed by atoms with E-state index in [-0.39, 0.29) is 29.9 Å². The molecule has 0 amide bonds. The van der Waals surface area contributed by atoms with E-state index in [2.05, 4.69) is 4.74 Å². The molecule has 0 aromatic heterocycles.